The number of ketones is 1. The summed E-state index contributed by atoms with van der Waals surface area (Å²) in [6, 6.07) is 2.95. The van der Waals surface area contributed by atoms with E-state index < -0.39 is 0 Å². The molecule has 22 heavy (non-hydrogen) atoms. The number of rotatable bonds is 9. The molecule has 0 aliphatic carbocycles. The van der Waals surface area contributed by atoms with Crippen molar-refractivity contribution in [2.24, 2.45) is 0 Å². The highest BCUT2D eigenvalue weighted by atomic mass is 127. The Morgan fingerprint density at radius 1 is 1.18 bits per heavy atom. The number of halogens is 1. The Hall–Kier alpha value is -1.11. The topological polar surface area (TPSA) is 63.6 Å². The first-order valence-corrected chi connectivity index (χ1v) is 9.15. The van der Waals surface area contributed by atoms with E-state index in [0.717, 1.165) is 19.3 Å². The maximum Gasteiger partial charge on any atom is 0.321 e. The third-order valence-electron chi connectivity index (χ3n) is 3.43. The van der Waals surface area contributed by atoms with Crippen molar-refractivity contribution < 1.29 is 19.4 Å². The summed E-state index contributed by atoms with van der Waals surface area (Å²) >= 11 is 1.91. The Morgan fingerprint density at radius 2 is 1.86 bits per heavy atom. The molecule has 1 rings (SSSR count). The monoisotopic (exact) mass is 418 g/mol. The summed E-state index contributed by atoms with van der Waals surface area (Å²) in [5.41, 5.74) is 0.979. The van der Waals surface area contributed by atoms with Gasteiger partial charge in [0.2, 0.25) is 0 Å². The summed E-state index contributed by atoms with van der Waals surface area (Å²) < 4.78 is 5.35. The second kappa shape index (κ2) is 9.82. The van der Waals surface area contributed by atoms with Crippen LogP contribution >= 0.6 is 22.6 Å². The molecule has 1 aromatic carbocycles. The van der Waals surface area contributed by atoms with Crippen LogP contribution < -0.4 is 4.74 Å². The number of alkyl halides is 1. The number of aromatic hydroxyl groups is 1. The van der Waals surface area contributed by atoms with E-state index in [1.807, 2.05) is 22.6 Å². The maximum absolute atomic E-state index is 12.2. The number of phenols is 1. The Morgan fingerprint density at radius 3 is 2.50 bits per heavy atom. The Kier molecular flexibility index (Phi) is 8.45. The van der Waals surface area contributed by atoms with Crippen LogP contribution in [0.4, 0.5) is 0 Å². The molecule has 0 heterocycles. The first-order chi connectivity index (χ1) is 10.5. The van der Waals surface area contributed by atoms with Gasteiger partial charge >= 0.3 is 5.97 Å². The number of hydrogen-bond donors (Lipinski definition) is 1. The smallest absolute Gasteiger partial charge is 0.321 e. The molecule has 0 aliphatic heterocycles. The molecule has 0 saturated carbocycles. The number of esters is 1. The van der Waals surface area contributed by atoms with Gasteiger partial charge in [-0.05, 0) is 25.0 Å². The van der Waals surface area contributed by atoms with Gasteiger partial charge in [-0.3, -0.25) is 9.59 Å². The van der Waals surface area contributed by atoms with Crippen molar-refractivity contribution in [2.75, 3.05) is 4.43 Å². The molecule has 0 aliphatic rings. The van der Waals surface area contributed by atoms with Gasteiger partial charge in [0.05, 0.1) is 9.99 Å². The van der Waals surface area contributed by atoms with Gasteiger partial charge < -0.3 is 9.84 Å². The van der Waals surface area contributed by atoms with Gasteiger partial charge in [-0.25, -0.2) is 0 Å². The minimum atomic E-state index is -0.377. The highest BCUT2D eigenvalue weighted by Crippen LogP contribution is 2.29. The minimum Gasteiger partial charge on any atom is -0.507 e. The molecule has 0 fully saturated rings. The number of phenolic OH excluding ortho intramolecular Hbond substituents is 1. The van der Waals surface area contributed by atoms with Crippen LogP contribution in [0.2, 0.25) is 0 Å². The fourth-order valence-corrected chi connectivity index (χ4v) is 2.34. The van der Waals surface area contributed by atoms with Gasteiger partial charge in [0.25, 0.3) is 0 Å². The number of carbonyl (C=O) groups is 2. The van der Waals surface area contributed by atoms with Gasteiger partial charge in [0.1, 0.15) is 11.5 Å². The van der Waals surface area contributed by atoms with Gasteiger partial charge in [-0.15, -0.1) is 0 Å². The van der Waals surface area contributed by atoms with Crippen molar-refractivity contribution in [1.29, 1.82) is 0 Å². The number of Topliss-reactive ketones (excluding diaryl/α,β-unsaturated/α-hetero) is 1. The van der Waals surface area contributed by atoms with Crippen LogP contribution in [0.1, 0.15) is 61.4 Å². The van der Waals surface area contributed by atoms with Crippen molar-refractivity contribution in [2.45, 2.75) is 52.4 Å². The van der Waals surface area contributed by atoms with E-state index in [9.17, 15) is 14.7 Å². The molecule has 0 unspecified atom stereocenters. The third kappa shape index (κ3) is 5.94. The number of carbonyl (C=O) groups excluding carboxylic acids is 2. The fourth-order valence-electron chi connectivity index (χ4n) is 2.18. The van der Waals surface area contributed by atoms with E-state index in [4.69, 9.17) is 4.74 Å². The lowest BCUT2D eigenvalue weighted by Gasteiger charge is -2.10. The van der Waals surface area contributed by atoms with E-state index >= 15 is 0 Å². The van der Waals surface area contributed by atoms with E-state index in [1.54, 1.807) is 13.0 Å². The largest absolute Gasteiger partial charge is 0.507 e. The van der Waals surface area contributed by atoms with Crippen LogP contribution in [0, 0.1) is 6.92 Å². The zero-order chi connectivity index (χ0) is 16.5. The van der Waals surface area contributed by atoms with Gasteiger partial charge in [0, 0.05) is 12.5 Å². The predicted molar refractivity (Wildman–Crippen MR) is 95.1 cm³/mol. The first kappa shape index (κ1) is 18.9. The lowest BCUT2D eigenvalue weighted by Crippen LogP contribution is -2.10. The molecule has 0 saturated heterocycles. The zero-order valence-corrected chi connectivity index (χ0v) is 15.3. The number of unbranched alkanes of at least 4 members (excludes halogenated alkanes) is 4. The van der Waals surface area contributed by atoms with Gasteiger partial charge in [-0.1, -0.05) is 55.2 Å². The second-order valence-corrected chi connectivity index (χ2v) is 6.09. The van der Waals surface area contributed by atoms with Crippen LogP contribution in [0.5, 0.6) is 11.5 Å². The summed E-state index contributed by atoms with van der Waals surface area (Å²) in [4.78, 5) is 23.5. The summed E-state index contributed by atoms with van der Waals surface area (Å²) in [7, 11) is 0. The van der Waals surface area contributed by atoms with E-state index in [-0.39, 0.29) is 21.9 Å². The number of benzene rings is 1. The summed E-state index contributed by atoms with van der Waals surface area (Å²) in [6.45, 7) is 3.91. The molecule has 0 amide bonds. The molecule has 122 valence electrons. The average Bonchev–Trinajstić information content (AvgIpc) is 2.49. The molecule has 0 bridgehead atoms. The highest BCUT2D eigenvalue weighted by Gasteiger charge is 2.15. The lowest BCUT2D eigenvalue weighted by atomic mass is 10.0. The van der Waals surface area contributed by atoms with Crippen molar-refractivity contribution in [1.82, 2.24) is 0 Å². The summed E-state index contributed by atoms with van der Waals surface area (Å²) in [5, 5.41) is 10.00. The number of aryl methyl sites for hydroxylation is 1. The van der Waals surface area contributed by atoms with Crippen LogP contribution in [-0.4, -0.2) is 21.3 Å². The molecule has 1 aromatic rings. The third-order valence-corrected chi connectivity index (χ3v) is 4.06. The van der Waals surface area contributed by atoms with E-state index in [0.29, 0.717) is 23.3 Å². The van der Waals surface area contributed by atoms with Crippen molar-refractivity contribution in [3.8, 4) is 11.5 Å². The minimum absolute atomic E-state index is 0.0659. The first-order valence-electron chi connectivity index (χ1n) is 7.63. The van der Waals surface area contributed by atoms with Crippen molar-refractivity contribution in [3.05, 3.63) is 23.3 Å². The Labute approximate surface area is 145 Å². The molecule has 0 aromatic heterocycles. The summed E-state index contributed by atoms with van der Waals surface area (Å²) in [6.07, 6.45) is 5.80. The van der Waals surface area contributed by atoms with Crippen molar-refractivity contribution in [3.63, 3.8) is 0 Å². The Balaban J connectivity index is 2.69. The van der Waals surface area contributed by atoms with E-state index in [2.05, 4.69) is 6.92 Å². The van der Waals surface area contributed by atoms with Crippen LogP contribution in [0.3, 0.4) is 0 Å². The standard InChI is InChI=1S/C17H23IO4/c1-3-4-5-6-7-8-14(19)13-9-12(2)16(10-15(13)20)22-17(21)11-18/h9-10,20H,3-8,11H2,1-2H3. The molecular formula is C17H23IO4. The van der Waals surface area contributed by atoms with Crippen LogP contribution in [0.25, 0.3) is 0 Å². The lowest BCUT2D eigenvalue weighted by molar-refractivity contribution is -0.131. The van der Waals surface area contributed by atoms with E-state index in [1.165, 1.54) is 18.9 Å². The fraction of sp³-hybridized carbons (Fsp3) is 0.529. The van der Waals surface area contributed by atoms with Gasteiger partial charge in [-0.2, -0.15) is 0 Å². The molecule has 0 spiro atoms. The number of ether oxygens (including phenoxy) is 1. The average molecular weight is 418 g/mol. The Bertz CT molecular complexity index is 526. The maximum atomic E-state index is 12.2. The van der Waals surface area contributed by atoms with Gasteiger partial charge in [0.15, 0.2) is 5.78 Å². The molecule has 5 heteroatoms. The quantitative estimate of drug-likeness (QED) is 0.159. The highest BCUT2D eigenvalue weighted by molar-refractivity contribution is 14.1. The SMILES string of the molecule is CCCCCCCC(=O)c1cc(C)c(OC(=O)CI)cc1O. The zero-order valence-electron chi connectivity index (χ0n) is 13.2. The molecular weight excluding hydrogens is 395 g/mol. The molecule has 0 atom stereocenters. The second-order valence-electron chi connectivity index (χ2n) is 5.33. The molecule has 0 radical (unpaired) electrons. The normalized spacial score (nSPS) is 10.5. The van der Waals surface area contributed by atoms with Crippen molar-refractivity contribution >= 4 is 34.3 Å². The molecule has 1 N–H and O–H groups in total. The number of hydrogen-bond acceptors (Lipinski definition) is 4. The molecule has 4 nitrogen and oxygen atoms in total. The predicted octanol–water partition coefficient (Wildman–Crippen LogP) is 4.58. The van der Waals surface area contributed by atoms with Crippen LogP contribution in [-0.2, 0) is 4.79 Å². The van der Waals surface area contributed by atoms with Crippen LogP contribution in [0.15, 0.2) is 12.1 Å². The summed E-state index contributed by atoms with van der Waals surface area (Å²) in [5.74, 6) is -0.263.